The van der Waals surface area contributed by atoms with Crippen molar-refractivity contribution >= 4 is 24.2 Å². The maximum Gasteiger partial charge on any atom is 0.218 e. The highest BCUT2D eigenvalue weighted by Gasteiger charge is 2.09. The minimum absolute atomic E-state index is 0.0545. The number of methoxy groups -OCH3 is 1. The van der Waals surface area contributed by atoms with Crippen LogP contribution in [0.4, 0.5) is 0 Å². The summed E-state index contributed by atoms with van der Waals surface area (Å²) in [4.78, 5) is 4.00. The number of pyridine rings is 1. The van der Waals surface area contributed by atoms with Gasteiger partial charge in [0, 0.05) is 16.4 Å². The molecule has 2 rings (SSSR count). The van der Waals surface area contributed by atoms with Crippen LogP contribution in [-0.2, 0) is 0 Å². The Labute approximate surface area is 82.8 Å². The average molecular weight is 187 g/mol. The Balaban J connectivity index is 2.90. The number of aromatic hydroxyl groups is 1. The van der Waals surface area contributed by atoms with Gasteiger partial charge in [0.2, 0.25) is 5.88 Å². The second-order valence-electron chi connectivity index (χ2n) is 3.10. The van der Waals surface area contributed by atoms with Gasteiger partial charge in [-0.1, -0.05) is 18.2 Å². The summed E-state index contributed by atoms with van der Waals surface area (Å²) in [5.74, 6) is 0.775. The number of aromatic nitrogens is 1. The Hall–Kier alpha value is -1.71. The number of ether oxygens (including phenoxy) is 1. The highest BCUT2D eigenvalue weighted by Crippen LogP contribution is 2.27. The van der Waals surface area contributed by atoms with Crippen molar-refractivity contribution in [3.63, 3.8) is 0 Å². The highest BCUT2D eigenvalue weighted by molar-refractivity contribution is 6.34. The smallest absolute Gasteiger partial charge is 0.218 e. The van der Waals surface area contributed by atoms with Crippen molar-refractivity contribution in [1.82, 2.24) is 4.98 Å². The van der Waals surface area contributed by atoms with Crippen LogP contribution < -0.4 is 10.3 Å². The molecule has 4 heteroatoms. The van der Waals surface area contributed by atoms with Crippen LogP contribution in [0.25, 0.3) is 10.8 Å². The Bertz CT molecular complexity index is 485. The molecule has 3 nitrogen and oxygen atoms in total. The van der Waals surface area contributed by atoms with E-state index >= 15 is 0 Å². The third-order valence-electron chi connectivity index (χ3n) is 2.22. The zero-order valence-electron chi connectivity index (χ0n) is 8.11. The summed E-state index contributed by atoms with van der Waals surface area (Å²) in [7, 11) is 3.42. The number of benzene rings is 1. The molecule has 0 aliphatic heterocycles. The van der Waals surface area contributed by atoms with E-state index in [0.29, 0.717) is 5.59 Å². The van der Waals surface area contributed by atoms with E-state index in [2.05, 4.69) is 4.98 Å². The molecule has 2 aromatic rings. The maximum atomic E-state index is 9.61. The van der Waals surface area contributed by atoms with Crippen molar-refractivity contribution in [2.75, 3.05) is 7.11 Å². The number of hydrogen-bond acceptors (Lipinski definition) is 3. The van der Waals surface area contributed by atoms with E-state index in [1.165, 1.54) is 0 Å². The van der Waals surface area contributed by atoms with Gasteiger partial charge in [-0.2, -0.15) is 0 Å². The van der Waals surface area contributed by atoms with Crippen molar-refractivity contribution in [2.24, 2.45) is 0 Å². The summed E-state index contributed by atoms with van der Waals surface area (Å²) < 4.78 is 5.24. The second-order valence-corrected chi connectivity index (χ2v) is 3.10. The van der Waals surface area contributed by atoms with E-state index in [1.807, 2.05) is 32.1 Å². The van der Waals surface area contributed by atoms with E-state index in [-0.39, 0.29) is 5.88 Å². The molecule has 14 heavy (non-hydrogen) atoms. The van der Waals surface area contributed by atoms with E-state index in [4.69, 9.17) is 4.74 Å². The molecule has 0 amide bonds. The third-order valence-corrected chi connectivity index (χ3v) is 2.22. The molecule has 1 aromatic heterocycles. The lowest BCUT2D eigenvalue weighted by atomic mass is 9.99. The minimum Gasteiger partial charge on any atom is -0.495 e. The van der Waals surface area contributed by atoms with Gasteiger partial charge >= 0.3 is 0 Å². The largest absolute Gasteiger partial charge is 0.495 e. The van der Waals surface area contributed by atoms with Crippen LogP contribution in [-0.4, -0.2) is 25.0 Å². The van der Waals surface area contributed by atoms with Crippen LogP contribution in [0.3, 0.4) is 0 Å². The molecule has 1 aromatic carbocycles. The number of rotatable bonds is 1. The molecule has 0 aliphatic carbocycles. The van der Waals surface area contributed by atoms with Gasteiger partial charge in [-0.15, -0.1) is 0 Å². The molecular formula is C10H10BNO2. The summed E-state index contributed by atoms with van der Waals surface area (Å²) in [5.41, 5.74) is 0.698. The Morgan fingerprint density at radius 2 is 1.93 bits per heavy atom. The van der Waals surface area contributed by atoms with Crippen LogP contribution in [0.5, 0.6) is 11.6 Å². The lowest BCUT2D eigenvalue weighted by molar-refractivity contribution is 0.418. The van der Waals surface area contributed by atoms with E-state index in [9.17, 15) is 5.11 Å². The second kappa shape index (κ2) is 3.22. The van der Waals surface area contributed by atoms with Crippen LogP contribution in [0.1, 0.15) is 0 Å². The van der Waals surface area contributed by atoms with Gasteiger partial charge in [0.25, 0.3) is 0 Å². The minimum atomic E-state index is 0.0545. The summed E-state index contributed by atoms with van der Waals surface area (Å²) >= 11 is 0. The molecular weight excluding hydrogens is 177 g/mol. The molecule has 0 aliphatic rings. The fourth-order valence-electron chi connectivity index (χ4n) is 1.60. The first-order valence-corrected chi connectivity index (χ1v) is 4.36. The van der Waals surface area contributed by atoms with E-state index < -0.39 is 0 Å². The van der Waals surface area contributed by atoms with Crippen molar-refractivity contribution in [3.05, 3.63) is 24.3 Å². The molecule has 0 saturated carbocycles. The number of nitrogens with zero attached hydrogens (tertiary/aromatic N) is 1. The van der Waals surface area contributed by atoms with Gasteiger partial charge in [-0.05, 0) is 6.07 Å². The monoisotopic (exact) mass is 187 g/mol. The van der Waals surface area contributed by atoms with E-state index in [1.54, 1.807) is 7.11 Å². The average Bonchev–Trinajstić information content (AvgIpc) is 2.18. The summed E-state index contributed by atoms with van der Waals surface area (Å²) in [5, 5.41) is 11.2. The Kier molecular flexibility index (Phi) is 2.04. The fraction of sp³-hybridized carbons (Fsp3) is 0.100. The standard InChI is InChI=1S/C10H10BNO2/c1-14-8-6-4-2-3-5-7(6)10(13)12-9(8)11/h2-5H,11H2,1H3,(H,12,13). The van der Waals surface area contributed by atoms with Crippen LogP contribution in [0, 0.1) is 0 Å². The Morgan fingerprint density at radius 1 is 1.29 bits per heavy atom. The molecule has 0 radical (unpaired) electrons. The van der Waals surface area contributed by atoms with Crippen molar-refractivity contribution in [3.8, 4) is 11.6 Å². The predicted octanol–water partition coefficient (Wildman–Crippen LogP) is 0.207. The lowest BCUT2D eigenvalue weighted by Gasteiger charge is -2.09. The highest BCUT2D eigenvalue weighted by atomic mass is 16.5. The Morgan fingerprint density at radius 3 is 2.57 bits per heavy atom. The first kappa shape index (κ1) is 8.87. The number of fused-ring (bicyclic) bond motifs is 1. The predicted molar refractivity (Wildman–Crippen MR) is 58.1 cm³/mol. The quantitative estimate of drug-likeness (QED) is 0.648. The lowest BCUT2D eigenvalue weighted by Crippen LogP contribution is -2.12. The zero-order chi connectivity index (χ0) is 10.1. The molecule has 1 heterocycles. The van der Waals surface area contributed by atoms with Crippen molar-refractivity contribution in [2.45, 2.75) is 0 Å². The van der Waals surface area contributed by atoms with Gasteiger partial charge in [0.15, 0.2) is 7.85 Å². The van der Waals surface area contributed by atoms with Gasteiger partial charge in [0.05, 0.1) is 7.11 Å². The molecule has 1 N–H and O–H groups in total. The molecule has 0 saturated heterocycles. The first-order valence-electron chi connectivity index (χ1n) is 4.36. The maximum absolute atomic E-state index is 9.61. The summed E-state index contributed by atoms with van der Waals surface area (Å²) in [6.07, 6.45) is 0. The molecule has 0 spiro atoms. The topological polar surface area (TPSA) is 42.4 Å². The van der Waals surface area contributed by atoms with Crippen LogP contribution >= 0.6 is 0 Å². The fourth-order valence-corrected chi connectivity index (χ4v) is 1.60. The van der Waals surface area contributed by atoms with Gasteiger partial charge in [-0.25, -0.2) is 4.98 Å². The molecule has 70 valence electrons. The molecule has 0 bridgehead atoms. The van der Waals surface area contributed by atoms with Gasteiger partial charge in [0.1, 0.15) is 5.75 Å². The molecule has 0 atom stereocenters. The van der Waals surface area contributed by atoms with Crippen LogP contribution in [0.2, 0.25) is 0 Å². The SMILES string of the molecule is Bc1nc(O)c2ccccc2c1OC. The summed E-state index contributed by atoms with van der Waals surface area (Å²) in [6.45, 7) is 0. The molecule has 0 fully saturated rings. The van der Waals surface area contributed by atoms with Gasteiger partial charge in [-0.3, -0.25) is 0 Å². The third kappa shape index (κ3) is 1.19. The zero-order valence-corrected chi connectivity index (χ0v) is 8.11. The van der Waals surface area contributed by atoms with Crippen molar-refractivity contribution in [1.29, 1.82) is 0 Å². The van der Waals surface area contributed by atoms with Gasteiger partial charge < -0.3 is 9.84 Å². The molecule has 0 unspecified atom stereocenters. The number of hydrogen-bond donors (Lipinski definition) is 1. The van der Waals surface area contributed by atoms with Crippen LogP contribution in [0.15, 0.2) is 24.3 Å². The van der Waals surface area contributed by atoms with Crippen molar-refractivity contribution < 1.29 is 9.84 Å². The first-order chi connectivity index (χ1) is 6.74. The van der Waals surface area contributed by atoms with E-state index in [0.717, 1.165) is 16.5 Å². The normalized spacial score (nSPS) is 10.4. The summed E-state index contributed by atoms with van der Waals surface area (Å²) in [6, 6.07) is 7.49.